The maximum absolute atomic E-state index is 12.0. The van der Waals surface area contributed by atoms with Crippen molar-refractivity contribution in [3.05, 3.63) is 28.8 Å². The summed E-state index contributed by atoms with van der Waals surface area (Å²) >= 11 is 5.80. The predicted octanol–water partition coefficient (Wildman–Crippen LogP) is 0.543. The van der Waals surface area contributed by atoms with Crippen molar-refractivity contribution in [1.29, 1.82) is 5.26 Å². The Balaban J connectivity index is 2.35. The molecule has 1 heterocycles. The highest BCUT2D eigenvalue weighted by Gasteiger charge is 2.34. The number of nitrogens with zero attached hydrogens (tertiary/aromatic N) is 2. The lowest BCUT2D eigenvalue weighted by molar-refractivity contribution is 0.265. The van der Waals surface area contributed by atoms with E-state index in [0.717, 1.165) is 0 Å². The number of nitriles is 1. The lowest BCUT2D eigenvalue weighted by atomic mass is 10.2. The molecule has 5 nitrogen and oxygen atoms in total. The van der Waals surface area contributed by atoms with Crippen molar-refractivity contribution < 1.29 is 8.42 Å². The van der Waals surface area contributed by atoms with Gasteiger partial charge < -0.3 is 5.73 Å². The zero-order valence-electron chi connectivity index (χ0n) is 8.80. The molecule has 2 rings (SSSR count). The molecule has 7 heteroatoms. The zero-order chi connectivity index (χ0) is 12.6. The summed E-state index contributed by atoms with van der Waals surface area (Å²) in [6.45, 7) is 0.639. The van der Waals surface area contributed by atoms with Crippen LogP contribution in [-0.4, -0.2) is 31.9 Å². The minimum Gasteiger partial charge on any atom is -0.325 e. The van der Waals surface area contributed by atoms with Crippen molar-refractivity contribution in [3.8, 4) is 6.07 Å². The van der Waals surface area contributed by atoms with Crippen LogP contribution < -0.4 is 5.73 Å². The number of nitrogens with two attached hydrogens (primary N) is 1. The van der Waals surface area contributed by atoms with Gasteiger partial charge in [0.15, 0.2) is 0 Å². The Morgan fingerprint density at radius 2 is 2.12 bits per heavy atom. The maximum Gasteiger partial charge on any atom is 0.243 e. The SMILES string of the molecule is N#Cc1ccc(S(=O)(=O)N2CC(N)C2)cc1Cl. The van der Waals surface area contributed by atoms with E-state index in [1.54, 1.807) is 0 Å². The predicted molar refractivity (Wildman–Crippen MR) is 62.9 cm³/mol. The van der Waals surface area contributed by atoms with Gasteiger partial charge in [0.05, 0.1) is 15.5 Å². The summed E-state index contributed by atoms with van der Waals surface area (Å²) in [5.41, 5.74) is 5.80. The summed E-state index contributed by atoms with van der Waals surface area (Å²) in [6.07, 6.45) is 0. The van der Waals surface area contributed by atoms with E-state index in [1.807, 2.05) is 6.07 Å². The molecule has 1 fully saturated rings. The third-order valence-electron chi connectivity index (χ3n) is 2.58. The molecule has 2 N–H and O–H groups in total. The zero-order valence-corrected chi connectivity index (χ0v) is 10.4. The van der Waals surface area contributed by atoms with Crippen LogP contribution in [0.4, 0.5) is 0 Å². The summed E-state index contributed by atoms with van der Waals surface area (Å²) in [4.78, 5) is 0.0911. The molecule has 0 aromatic heterocycles. The van der Waals surface area contributed by atoms with Crippen molar-refractivity contribution in [1.82, 2.24) is 4.31 Å². The largest absolute Gasteiger partial charge is 0.325 e. The number of benzene rings is 1. The number of hydrogen-bond donors (Lipinski definition) is 1. The third kappa shape index (κ3) is 2.15. The minimum atomic E-state index is -3.52. The van der Waals surface area contributed by atoms with Crippen LogP contribution in [0.3, 0.4) is 0 Å². The van der Waals surface area contributed by atoms with E-state index in [2.05, 4.69) is 0 Å². The lowest BCUT2D eigenvalue weighted by Gasteiger charge is -2.35. The standard InChI is InChI=1S/C10H10ClN3O2S/c11-10-3-9(2-1-7(10)4-12)17(15,16)14-5-8(13)6-14/h1-3,8H,5-6,13H2. The van der Waals surface area contributed by atoms with E-state index < -0.39 is 10.0 Å². The van der Waals surface area contributed by atoms with E-state index in [9.17, 15) is 8.42 Å². The first kappa shape index (κ1) is 12.3. The summed E-state index contributed by atoms with van der Waals surface area (Å²) in [5, 5.41) is 8.84. The summed E-state index contributed by atoms with van der Waals surface area (Å²) in [5.74, 6) is 0. The second-order valence-electron chi connectivity index (χ2n) is 3.84. The van der Waals surface area contributed by atoms with E-state index in [0.29, 0.717) is 13.1 Å². The van der Waals surface area contributed by atoms with Gasteiger partial charge >= 0.3 is 0 Å². The molecule has 0 atom stereocenters. The molecule has 0 spiro atoms. The Bertz CT molecular complexity index is 588. The monoisotopic (exact) mass is 271 g/mol. The van der Waals surface area contributed by atoms with E-state index in [-0.39, 0.29) is 21.5 Å². The Kier molecular flexibility index (Phi) is 3.10. The second kappa shape index (κ2) is 4.27. The smallest absolute Gasteiger partial charge is 0.243 e. The van der Waals surface area contributed by atoms with Crippen LogP contribution in [0, 0.1) is 11.3 Å². The Morgan fingerprint density at radius 3 is 2.59 bits per heavy atom. The molecule has 1 aromatic rings. The summed E-state index contributed by atoms with van der Waals surface area (Å²) in [7, 11) is -3.52. The van der Waals surface area contributed by atoms with Crippen LogP contribution in [0.15, 0.2) is 23.1 Å². The quantitative estimate of drug-likeness (QED) is 0.851. The van der Waals surface area contributed by atoms with Gasteiger partial charge in [0, 0.05) is 19.1 Å². The average Bonchev–Trinajstić information content (AvgIpc) is 2.24. The van der Waals surface area contributed by atoms with Gasteiger partial charge in [-0.05, 0) is 18.2 Å². The van der Waals surface area contributed by atoms with Gasteiger partial charge in [-0.15, -0.1) is 0 Å². The van der Waals surface area contributed by atoms with Crippen molar-refractivity contribution in [3.63, 3.8) is 0 Å². The highest BCUT2D eigenvalue weighted by Crippen LogP contribution is 2.25. The normalized spacial score (nSPS) is 17.5. The molecule has 1 aromatic carbocycles. The molecule has 0 bridgehead atoms. The van der Waals surface area contributed by atoms with Gasteiger partial charge in [0.25, 0.3) is 0 Å². The molecule has 0 saturated carbocycles. The van der Waals surface area contributed by atoms with E-state index in [4.69, 9.17) is 22.6 Å². The molecular weight excluding hydrogens is 262 g/mol. The van der Waals surface area contributed by atoms with Gasteiger partial charge in [-0.25, -0.2) is 8.42 Å². The average molecular weight is 272 g/mol. The fourth-order valence-electron chi connectivity index (χ4n) is 1.56. The van der Waals surface area contributed by atoms with E-state index >= 15 is 0 Å². The van der Waals surface area contributed by atoms with Crippen molar-refractivity contribution in [2.75, 3.05) is 13.1 Å². The highest BCUT2D eigenvalue weighted by molar-refractivity contribution is 7.89. The fraction of sp³-hybridized carbons (Fsp3) is 0.300. The van der Waals surface area contributed by atoms with Crippen molar-refractivity contribution in [2.24, 2.45) is 5.73 Å². The molecule has 90 valence electrons. The first-order chi connectivity index (χ1) is 7.95. The molecule has 0 unspecified atom stereocenters. The molecule has 1 aliphatic heterocycles. The van der Waals surface area contributed by atoms with Gasteiger partial charge in [0.1, 0.15) is 6.07 Å². The van der Waals surface area contributed by atoms with Crippen LogP contribution >= 0.6 is 11.6 Å². The minimum absolute atomic E-state index is 0.0911. The number of hydrogen-bond acceptors (Lipinski definition) is 4. The fourth-order valence-corrected chi connectivity index (χ4v) is 3.43. The molecule has 0 amide bonds. The first-order valence-corrected chi connectivity index (χ1v) is 6.72. The van der Waals surface area contributed by atoms with Gasteiger partial charge in [0.2, 0.25) is 10.0 Å². The van der Waals surface area contributed by atoms with E-state index in [1.165, 1.54) is 22.5 Å². The Hall–Kier alpha value is -1.13. The highest BCUT2D eigenvalue weighted by atomic mass is 35.5. The first-order valence-electron chi connectivity index (χ1n) is 4.90. The van der Waals surface area contributed by atoms with Gasteiger partial charge in [-0.3, -0.25) is 0 Å². The molecule has 0 aliphatic carbocycles. The van der Waals surface area contributed by atoms with Crippen LogP contribution in [0.5, 0.6) is 0 Å². The maximum atomic E-state index is 12.0. The van der Waals surface area contributed by atoms with Gasteiger partial charge in [-0.1, -0.05) is 11.6 Å². The summed E-state index contributed by atoms with van der Waals surface area (Å²) < 4.78 is 25.4. The Morgan fingerprint density at radius 1 is 1.47 bits per heavy atom. The molecule has 1 saturated heterocycles. The molecule has 0 radical (unpaired) electrons. The van der Waals surface area contributed by atoms with Crippen molar-refractivity contribution in [2.45, 2.75) is 10.9 Å². The second-order valence-corrected chi connectivity index (χ2v) is 6.18. The van der Waals surface area contributed by atoms with Crippen molar-refractivity contribution >= 4 is 21.6 Å². The number of sulfonamides is 1. The van der Waals surface area contributed by atoms with Crippen LogP contribution in [0.1, 0.15) is 5.56 Å². The van der Waals surface area contributed by atoms with Crippen LogP contribution in [-0.2, 0) is 10.0 Å². The van der Waals surface area contributed by atoms with Crippen LogP contribution in [0.2, 0.25) is 5.02 Å². The number of rotatable bonds is 2. The topological polar surface area (TPSA) is 87.2 Å². The summed E-state index contributed by atoms with van der Waals surface area (Å²) in [6, 6.07) is 5.85. The lowest BCUT2D eigenvalue weighted by Crippen LogP contribution is -2.57. The Labute approximate surface area is 104 Å². The van der Waals surface area contributed by atoms with Crippen LogP contribution in [0.25, 0.3) is 0 Å². The molecular formula is C10H10ClN3O2S. The van der Waals surface area contributed by atoms with Gasteiger partial charge in [-0.2, -0.15) is 9.57 Å². The molecule has 17 heavy (non-hydrogen) atoms. The third-order valence-corrected chi connectivity index (χ3v) is 4.72. The molecule has 1 aliphatic rings. The number of halogens is 1.